The van der Waals surface area contributed by atoms with E-state index in [2.05, 4.69) is 15.6 Å². The van der Waals surface area contributed by atoms with Gasteiger partial charge in [-0.2, -0.15) is 0 Å². The molecule has 26 heavy (non-hydrogen) atoms. The highest BCUT2D eigenvalue weighted by Gasteiger charge is 2.14. The Morgan fingerprint density at radius 2 is 1.73 bits per heavy atom. The zero-order valence-corrected chi connectivity index (χ0v) is 13.5. The Morgan fingerprint density at radius 3 is 2.58 bits per heavy atom. The van der Waals surface area contributed by atoms with Crippen LogP contribution in [0.3, 0.4) is 0 Å². The first-order valence-electron chi connectivity index (χ1n) is 7.87. The molecule has 0 fully saturated rings. The van der Waals surface area contributed by atoms with E-state index in [0.29, 0.717) is 28.6 Å². The molecule has 0 saturated carbocycles. The van der Waals surface area contributed by atoms with Gasteiger partial charge in [-0.1, -0.05) is 0 Å². The summed E-state index contributed by atoms with van der Waals surface area (Å²) in [5.41, 5.74) is 1.70. The van der Waals surface area contributed by atoms with Crippen molar-refractivity contribution >= 4 is 23.1 Å². The maximum absolute atomic E-state index is 12.9. The molecule has 130 valence electrons. The first kappa shape index (κ1) is 15.9. The molecule has 0 unspecified atom stereocenters. The molecule has 0 aliphatic carbocycles. The molecule has 3 aromatic rings. The quantitative estimate of drug-likeness (QED) is 0.745. The van der Waals surface area contributed by atoms with E-state index in [1.807, 2.05) is 6.07 Å². The number of hydrogen-bond donors (Lipinski definition) is 2. The summed E-state index contributed by atoms with van der Waals surface area (Å²) in [4.78, 5) is 16.6. The Bertz CT molecular complexity index is 960. The van der Waals surface area contributed by atoms with Gasteiger partial charge in [0.2, 0.25) is 6.79 Å². The van der Waals surface area contributed by atoms with Crippen molar-refractivity contribution in [2.24, 2.45) is 0 Å². The molecule has 0 atom stereocenters. The highest BCUT2D eigenvalue weighted by atomic mass is 19.1. The summed E-state index contributed by atoms with van der Waals surface area (Å²) in [5.74, 6) is 1.18. The van der Waals surface area contributed by atoms with Crippen LogP contribution in [0.5, 0.6) is 11.5 Å². The topological polar surface area (TPSA) is 72.5 Å². The standard InChI is InChI=1S/C19H14FN3O3/c20-13-1-3-14(4-2-13)23-19(24)12-7-8-21-18(9-12)22-15-5-6-16-17(10-15)26-11-25-16/h1-10H,11H2,(H,21,22)(H,23,24). The summed E-state index contributed by atoms with van der Waals surface area (Å²) in [5, 5.41) is 5.84. The maximum Gasteiger partial charge on any atom is 0.255 e. The van der Waals surface area contributed by atoms with Crippen molar-refractivity contribution in [1.82, 2.24) is 4.98 Å². The lowest BCUT2D eigenvalue weighted by atomic mass is 10.2. The van der Waals surface area contributed by atoms with E-state index in [9.17, 15) is 9.18 Å². The minimum atomic E-state index is -0.359. The fourth-order valence-electron chi connectivity index (χ4n) is 2.50. The minimum Gasteiger partial charge on any atom is -0.454 e. The molecule has 7 heteroatoms. The zero-order chi connectivity index (χ0) is 17.9. The highest BCUT2D eigenvalue weighted by Crippen LogP contribution is 2.34. The van der Waals surface area contributed by atoms with Crippen molar-refractivity contribution < 1.29 is 18.7 Å². The molecule has 0 spiro atoms. The number of fused-ring (bicyclic) bond motifs is 1. The van der Waals surface area contributed by atoms with Crippen molar-refractivity contribution in [3.05, 3.63) is 72.2 Å². The second kappa shape index (κ2) is 6.72. The summed E-state index contributed by atoms with van der Waals surface area (Å²) in [6, 6.07) is 14.2. The average molecular weight is 351 g/mol. The van der Waals surface area contributed by atoms with Crippen molar-refractivity contribution in [3.63, 3.8) is 0 Å². The van der Waals surface area contributed by atoms with E-state index in [-0.39, 0.29) is 18.5 Å². The number of nitrogens with one attached hydrogen (secondary N) is 2. The van der Waals surface area contributed by atoms with Gasteiger partial charge in [0.15, 0.2) is 11.5 Å². The number of pyridine rings is 1. The third-order valence-corrected chi connectivity index (χ3v) is 3.77. The first-order valence-corrected chi connectivity index (χ1v) is 7.87. The first-order chi connectivity index (χ1) is 12.7. The van der Waals surface area contributed by atoms with E-state index in [0.717, 1.165) is 5.69 Å². The Hall–Kier alpha value is -3.61. The van der Waals surface area contributed by atoms with E-state index < -0.39 is 0 Å². The van der Waals surface area contributed by atoms with Crippen LogP contribution in [0, 0.1) is 5.82 Å². The van der Waals surface area contributed by atoms with Gasteiger partial charge in [0, 0.05) is 29.2 Å². The number of carbonyl (C=O) groups is 1. The minimum absolute atomic E-state index is 0.204. The summed E-state index contributed by atoms with van der Waals surface area (Å²) in [7, 11) is 0. The SMILES string of the molecule is O=C(Nc1ccc(F)cc1)c1ccnc(Nc2ccc3c(c2)OCO3)c1. The Morgan fingerprint density at radius 1 is 0.962 bits per heavy atom. The van der Waals surface area contributed by atoms with Crippen molar-refractivity contribution in [2.45, 2.75) is 0 Å². The number of ether oxygens (including phenoxy) is 2. The molecule has 0 radical (unpaired) electrons. The molecule has 1 aliphatic rings. The van der Waals surface area contributed by atoms with Crippen LogP contribution in [0.15, 0.2) is 60.8 Å². The van der Waals surface area contributed by atoms with Gasteiger partial charge in [0.25, 0.3) is 5.91 Å². The molecular formula is C19H14FN3O3. The van der Waals surface area contributed by atoms with Crippen molar-refractivity contribution in [2.75, 3.05) is 17.4 Å². The molecule has 4 rings (SSSR count). The molecule has 2 heterocycles. The molecule has 0 saturated heterocycles. The van der Waals surface area contributed by atoms with E-state index in [4.69, 9.17) is 9.47 Å². The van der Waals surface area contributed by atoms with Crippen LogP contribution in [-0.4, -0.2) is 17.7 Å². The molecule has 1 aromatic heterocycles. The summed E-state index contributed by atoms with van der Waals surface area (Å²) < 4.78 is 23.6. The van der Waals surface area contributed by atoms with Gasteiger partial charge in [0.05, 0.1) is 0 Å². The predicted molar refractivity (Wildman–Crippen MR) is 94.4 cm³/mol. The molecule has 2 aromatic carbocycles. The van der Waals surface area contributed by atoms with Crippen LogP contribution in [-0.2, 0) is 0 Å². The lowest BCUT2D eigenvalue weighted by Gasteiger charge is -2.09. The Kier molecular flexibility index (Phi) is 4.10. The van der Waals surface area contributed by atoms with Gasteiger partial charge in [-0.15, -0.1) is 0 Å². The fraction of sp³-hybridized carbons (Fsp3) is 0.0526. The number of carbonyl (C=O) groups excluding carboxylic acids is 1. The predicted octanol–water partition coefficient (Wildman–Crippen LogP) is 3.95. The summed E-state index contributed by atoms with van der Waals surface area (Å²) in [6.45, 7) is 0.204. The van der Waals surface area contributed by atoms with Crippen LogP contribution < -0.4 is 20.1 Å². The number of hydrogen-bond acceptors (Lipinski definition) is 5. The second-order valence-electron chi connectivity index (χ2n) is 5.58. The number of anilines is 3. The number of aromatic nitrogens is 1. The molecular weight excluding hydrogens is 337 g/mol. The lowest BCUT2D eigenvalue weighted by Crippen LogP contribution is -2.12. The van der Waals surface area contributed by atoms with Gasteiger partial charge in [-0.05, 0) is 48.5 Å². The van der Waals surface area contributed by atoms with Gasteiger partial charge in [0.1, 0.15) is 11.6 Å². The number of rotatable bonds is 4. The lowest BCUT2D eigenvalue weighted by molar-refractivity contribution is 0.102. The van der Waals surface area contributed by atoms with Crippen LogP contribution in [0.4, 0.5) is 21.6 Å². The third-order valence-electron chi connectivity index (χ3n) is 3.77. The van der Waals surface area contributed by atoms with E-state index in [1.165, 1.54) is 30.5 Å². The number of nitrogens with zero attached hydrogens (tertiary/aromatic N) is 1. The molecule has 6 nitrogen and oxygen atoms in total. The fourth-order valence-corrected chi connectivity index (χ4v) is 2.50. The van der Waals surface area contributed by atoms with Crippen molar-refractivity contribution in [1.29, 1.82) is 0 Å². The van der Waals surface area contributed by atoms with Gasteiger partial charge >= 0.3 is 0 Å². The summed E-state index contributed by atoms with van der Waals surface area (Å²) in [6.07, 6.45) is 1.54. The highest BCUT2D eigenvalue weighted by molar-refractivity contribution is 6.04. The number of halogens is 1. The molecule has 1 aliphatic heterocycles. The van der Waals surface area contributed by atoms with Crippen LogP contribution in [0.25, 0.3) is 0 Å². The Balaban J connectivity index is 1.49. The van der Waals surface area contributed by atoms with Gasteiger partial charge in [-0.3, -0.25) is 4.79 Å². The van der Waals surface area contributed by atoms with E-state index in [1.54, 1.807) is 24.3 Å². The Labute approximate surface area is 148 Å². The molecule has 1 amide bonds. The van der Waals surface area contributed by atoms with Gasteiger partial charge in [-0.25, -0.2) is 9.37 Å². The second-order valence-corrected chi connectivity index (χ2v) is 5.58. The van der Waals surface area contributed by atoms with Crippen LogP contribution in [0.1, 0.15) is 10.4 Å². The third kappa shape index (κ3) is 3.41. The normalized spacial score (nSPS) is 11.9. The monoisotopic (exact) mass is 351 g/mol. The van der Waals surface area contributed by atoms with Crippen LogP contribution >= 0.6 is 0 Å². The smallest absolute Gasteiger partial charge is 0.255 e. The van der Waals surface area contributed by atoms with Gasteiger partial charge < -0.3 is 20.1 Å². The van der Waals surface area contributed by atoms with Crippen molar-refractivity contribution in [3.8, 4) is 11.5 Å². The number of amides is 1. The molecule has 0 bridgehead atoms. The molecule has 2 N–H and O–H groups in total. The number of benzene rings is 2. The largest absolute Gasteiger partial charge is 0.454 e. The zero-order valence-electron chi connectivity index (χ0n) is 13.5. The summed E-state index contributed by atoms with van der Waals surface area (Å²) >= 11 is 0. The average Bonchev–Trinajstić information content (AvgIpc) is 3.12. The van der Waals surface area contributed by atoms with Crippen LogP contribution in [0.2, 0.25) is 0 Å². The maximum atomic E-state index is 12.9. The van der Waals surface area contributed by atoms with E-state index >= 15 is 0 Å².